The van der Waals surface area contributed by atoms with E-state index in [2.05, 4.69) is 37.6 Å². The van der Waals surface area contributed by atoms with Crippen LogP contribution in [0.5, 0.6) is 11.6 Å². The summed E-state index contributed by atoms with van der Waals surface area (Å²) in [5.41, 5.74) is 2.79. The predicted molar refractivity (Wildman–Crippen MR) is 129 cm³/mol. The number of aromatic nitrogens is 4. The van der Waals surface area contributed by atoms with Gasteiger partial charge in [-0.25, -0.2) is 4.98 Å². The zero-order valence-corrected chi connectivity index (χ0v) is 18.1. The van der Waals surface area contributed by atoms with Crippen molar-refractivity contribution in [2.75, 3.05) is 11.6 Å². The van der Waals surface area contributed by atoms with Crippen molar-refractivity contribution in [3.05, 3.63) is 91.1 Å². The second-order valence-corrected chi connectivity index (χ2v) is 7.72. The van der Waals surface area contributed by atoms with Gasteiger partial charge in [0.2, 0.25) is 5.88 Å². The molecule has 0 atom stereocenters. The summed E-state index contributed by atoms with van der Waals surface area (Å²) in [5, 5.41) is 15.1. The molecule has 7 heteroatoms. The Hall–Kier alpha value is -3.97. The molecule has 0 bridgehead atoms. The summed E-state index contributed by atoms with van der Waals surface area (Å²) in [6.07, 6.45) is 3.62. The summed E-state index contributed by atoms with van der Waals surface area (Å²) in [6, 6.07) is 27.6. The highest BCUT2D eigenvalue weighted by Crippen LogP contribution is 2.31. The third-order valence-electron chi connectivity index (χ3n) is 4.86. The molecule has 2 aromatic heterocycles. The van der Waals surface area contributed by atoms with Crippen molar-refractivity contribution in [1.29, 1.82) is 0 Å². The predicted octanol–water partition coefficient (Wildman–Crippen LogP) is 6.34. The molecule has 0 amide bonds. The molecule has 5 aromatic rings. The fourth-order valence-electron chi connectivity index (χ4n) is 3.35. The van der Waals surface area contributed by atoms with Crippen molar-refractivity contribution in [2.24, 2.45) is 0 Å². The molecule has 0 aliphatic rings. The van der Waals surface area contributed by atoms with Crippen LogP contribution in [-0.4, -0.2) is 26.4 Å². The Morgan fingerprint density at radius 3 is 2.31 bits per heavy atom. The molecule has 156 valence electrons. The van der Waals surface area contributed by atoms with Crippen LogP contribution in [0.1, 0.15) is 0 Å². The third-order valence-corrected chi connectivity index (χ3v) is 5.43. The van der Waals surface area contributed by atoms with Crippen LogP contribution in [0.2, 0.25) is 0 Å². The maximum absolute atomic E-state index is 5.84. The first-order chi connectivity index (χ1) is 15.8. The third kappa shape index (κ3) is 4.24. The Kier molecular flexibility index (Phi) is 5.63. The Morgan fingerprint density at radius 2 is 1.53 bits per heavy atom. The van der Waals surface area contributed by atoms with Crippen molar-refractivity contribution >= 4 is 34.0 Å². The van der Waals surface area contributed by atoms with E-state index in [1.807, 2.05) is 73.0 Å². The highest BCUT2D eigenvalue weighted by Gasteiger charge is 2.11. The van der Waals surface area contributed by atoms with Gasteiger partial charge in [-0.05, 0) is 30.5 Å². The molecule has 2 heterocycles. The highest BCUT2D eigenvalue weighted by molar-refractivity contribution is 7.98. The average Bonchev–Trinajstić information content (AvgIpc) is 2.86. The van der Waals surface area contributed by atoms with Crippen molar-refractivity contribution in [3.63, 3.8) is 0 Å². The van der Waals surface area contributed by atoms with Crippen LogP contribution in [0, 0.1) is 0 Å². The summed E-state index contributed by atoms with van der Waals surface area (Å²) < 4.78 is 5.84. The second-order valence-electron chi connectivity index (χ2n) is 6.94. The Labute approximate surface area is 189 Å². The molecule has 1 N–H and O–H groups in total. The SMILES string of the molecule is CSc1nccc(Oc2ccc(Nc3nnc(-c4ccccc4)c4ccccc34)cc2)n1. The normalized spacial score (nSPS) is 10.8. The topological polar surface area (TPSA) is 72.8 Å². The zero-order chi connectivity index (χ0) is 21.8. The summed E-state index contributed by atoms with van der Waals surface area (Å²) in [4.78, 5) is 8.50. The fraction of sp³-hybridized carbons (Fsp3) is 0.0400. The van der Waals surface area contributed by atoms with Gasteiger partial charge in [0.05, 0.1) is 0 Å². The number of thioether (sulfide) groups is 1. The van der Waals surface area contributed by atoms with Gasteiger partial charge >= 0.3 is 0 Å². The standard InChI is InChI=1S/C25H19N5OS/c1-32-25-26-16-15-22(28-25)31-19-13-11-18(12-14-19)27-24-21-10-6-5-9-20(21)23(29-30-24)17-7-3-2-4-8-17/h2-16H,1H3,(H,27,30). The molecular formula is C25H19N5OS. The van der Waals surface area contributed by atoms with Crippen LogP contribution in [0.4, 0.5) is 11.5 Å². The van der Waals surface area contributed by atoms with Crippen LogP contribution in [0.25, 0.3) is 22.0 Å². The molecule has 0 aliphatic heterocycles. The monoisotopic (exact) mass is 437 g/mol. The summed E-state index contributed by atoms with van der Waals surface area (Å²) in [7, 11) is 0. The number of hydrogen-bond donors (Lipinski definition) is 1. The minimum absolute atomic E-state index is 0.512. The molecule has 6 nitrogen and oxygen atoms in total. The smallest absolute Gasteiger partial charge is 0.223 e. The van der Waals surface area contributed by atoms with Crippen LogP contribution in [0.15, 0.2) is 96.3 Å². The first kappa shape index (κ1) is 20.0. The van der Waals surface area contributed by atoms with E-state index in [-0.39, 0.29) is 0 Å². The number of anilines is 2. The van der Waals surface area contributed by atoms with E-state index in [0.717, 1.165) is 27.7 Å². The zero-order valence-electron chi connectivity index (χ0n) is 17.3. The van der Waals surface area contributed by atoms with Crippen LogP contribution in [0.3, 0.4) is 0 Å². The lowest BCUT2D eigenvalue weighted by atomic mass is 10.0. The van der Waals surface area contributed by atoms with Crippen molar-refractivity contribution in [2.45, 2.75) is 5.16 Å². The number of benzene rings is 3. The highest BCUT2D eigenvalue weighted by atomic mass is 32.2. The average molecular weight is 438 g/mol. The van der Waals surface area contributed by atoms with E-state index in [4.69, 9.17) is 4.74 Å². The molecule has 0 saturated carbocycles. The van der Waals surface area contributed by atoms with E-state index in [0.29, 0.717) is 22.6 Å². The molecule has 0 unspecified atom stereocenters. The lowest BCUT2D eigenvalue weighted by Crippen LogP contribution is -1.99. The maximum atomic E-state index is 5.84. The summed E-state index contributed by atoms with van der Waals surface area (Å²) in [6.45, 7) is 0. The Balaban J connectivity index is 1.40. The quantitative estimate of drug-likeness (QED) is 0.245. The minimum atomic E-state index is 0.512. The number of nitrogens with one attached hydrogen (secondary N) is 1. The lowest BCUT2D eigenvalue weighted by Gasteiger charge is -2.12. The van der Waals surface area contributed by atoms with E-state index in [9.17, 15) is 0 Å². The fourth-order valence-corrected chi connectivity index (χ4v) is 3.70. The molecule has 0 spiro atoms. The molecule has 32 heavy (non-hydrogen) atoms. The number of nitrogens with zero attached hydrogens (tertiary/aromatic N) is 4. The summed E-state index contributed by atoms with van der Waals surface area (Å²) in [5.74, 6) is 1.91. The number of hydrogen-bond acceptors (Lipinski definition) is 7. The number of fused-ring (bicyclic) bond motifs is 1. The molecule has 5 rings (SSSR count). The van der Waals surface area contributed by atoms with Gasteiger partial charge < -0.3 is 10.1 Å². The Morgan fingerprint density at radius 1 is 0.781 bits per heavy atom. The van der Waals surface area contributed by atoms with E-state index >= 15 is 0 Å². The van der Waals surface area contributed by atoms with Crippen molar-refractivity contribution < 1.29 is 4.74 Å². The molecule has 3 aromatic carbocycles. The largest absolute Gasteiger partial charge is 0.439 e. The minimum Gasteiger partial charge on any atom is -0.439 e. The van der Waals surface area contributed by atoms with E-state index in [1.165, 1.54) is 11.8 Å². The van der Waals surface area contributed by atoms with Gasteiger partial charge in [0.25, 0.3) is 0 Å². The molecule has 0 radical (unpaired) electrons. The van der Waals surface area contributed by atoms with Gasteiger partial charge in [0.15, 0.2) is 11.0 Å². The van der Waals surface area contributed by atoms with Crippen molar-refractivity contribution in [1.82, 2.24) is 20.2 Å². The van der Waals surface area contributed by atoms with Gasteiger partial charge in [0, 0.05) is 34.3 Å². The second kappa shape index (κ2) is 9.03. The molecule has 0 saturated heterocycles. The van der Waals surface area contributed by atoms with Gasteiger partial charge in [-0.2, -0.15) is 4.98 Å². The first-order valence-electron chi connectivity index (χ1n) is 10.0. The van der Waals surface area contributed by atoms with Gasteiger partial charge in [0.1, 0.15) is 11.4 Å². The lowest BCUT2D eigenvalue weighted by molar-refractivity contribution is 0.455. The maximum Gasteiger partial charge on any atom is 0.223 e. The van der Waals surface area contributed by atoms with Gasteiger partial charge in [-0.15, -0.1) is 10.2 Å². The van der Waals surface area contributed by atoms with E-state index in [1.54, 1.807) is 12.3 Å². The van der Waals surface area contributed by atoms with Crippen LogP contribution >= 0.6 is 11.8 Å². The van der Waals surface area contributed by atoms with Crippen molar-refractivity contribution in [3.8, 4) is 22.9 Å². The van der Waals surface area contributed by atoms with Crippen LogP contribution in [-0.2, 0) is 0 Å². The number of rotatable bonds is 6. The van der Waals surface area contributed by atoms with Gasteiger partial charge in [-0.3, -0.25) is 0 Å². The molecular weight excluding hydrogens is 418 g/mol. The van der Waals surface area contributed by atoms with Gasteiger partial charge in [-0.1, -0.05) is 66.4 Å². The molecule has 0 fully saturated rings. The first-order valence-corrected chi connectivity index (χ1v) is 11.3. The summed E-state index contributed by atoms with van der Waals surface area (Å²) >= 11 is 1.47. The number of ether oxygens (including phenoxy) is 1. The van der Waals surface area contributed by atoms with Crippen LogP contribution < -0.4 is 10.1 Å². The Bertz CT molecular complexity index is 1360. The molecule has 0 aliphatic carbocycles. The van der Waals surface area contributed by atoms with E-state index < -0.39 is 0 Å².